The molecule has 0 fully saturated rings. The summed E-state index contributed by atoms with van der Waals surface area (Å²) in [5.74, 6) is -9.72. The van der Waals surface area contributed by atoms with Crippen LogP contribution in [0.4, 0.5) is 0 Å². The van der Waals surface area contributed by atoms with E-state index in [1.165, 1.54) is 6.92 Å². The Morgan fingerprint density at radius 3 is 0.952 bits per heavy atom. The second-order valence-electron chi connectivity index (χ2n) is 21.6. The van der Waals surface area contributed by atoms with Crippen molar-refractivity contribution in [2.24, 2.45) is 95.1 Å². The van der Waals surface area contributed by atoms with Gasteiger partial charge in [-0.2, -0.15) is 0 Å². The number of carbonyl (C=O) groups excluding carboxylic acids is 8. The summed E-state index contributed by atoms with van der Waals surface area (Å²) in [6, 6.07) is -12.2. The third kappa shape index (κ3) is 33.3. The lowest BCUT2D eigenvalue weighted by Gasteiger charge is -2.29. The molecule has 0 saturated carbocycles. The van der Waals surface area contributed by atoms with Gasteiger partial charge in [0.25, 0.3) is 0 Å². The number of aliphatic carboxylic acids is 1. The van der Waals surface area contributed by atoms with Gasteiger partial charge >= 0.3 is 5.97 Å². The fraction of sp³-hybridized carbons (Fsp3) is 0.745. The minimum atomic E-state index is -1.80. The number of unbranched alkanes of at least 4 members (excludes halogenated alkanes) is 1. The monoisotopic (exact) mass is 1200 g/mol. The molecule has 0 aromatic carbocycles. The highest BCUT2D eigenvalue weighted by molar-refractivity contribution is 5.98. The van der Waals surface area contributed by atoms with Crippen molar-refractivity contribution in [1.82, 2.24) is 42.5 Å². The van der Waals surface area contributed by atoms with Crippen LogP contribution in [0.15, 0.2) is 20.0 Å². The summed E-state index contributed by atoms with van der Waals surface area (Å²) in [6.07, 6.45) is -0.469. The van der Waals surface area contributed by atoms with E-state index in [-0.39, 0.29) is 145 Å². The quantitative estimate of drug-likeness (QED) is 0.0153. The van der Waals surface area contributed by atoms with Crippen molar-refractivity contribution in [2.45, 2.75) is 192 Å². The maximum absolute atomic E-state index is 14.3. The Labute approximate surface area is 491 Å². The number of rotatable bonds is 43. The van der Waals surface area contributed by atoms with Gasteiger partial charge in [-0.1, -0.05) is 41.5 Å². The zero-order valence-corrected chi connectivity index (χ0v) is 49.9. The number of nitrogens with two attached hydrogens (primary N) is 10. The van der Waals surface area contributed by atoms with Gasteiger partial charge in [-0.3, -0.25) is 58.3 Å². The summed E-state index contributed by atoms with van der Waals surface area (Å²) in [4.78, 5) is 140. The number of aliphatic hydroxyl groups excluding tert-OH is 1. The van der Waals surface area contributed by atoms with E-state index in [1.54, 1.807) is 41.5 Å². The molecule has 0 spiro atoms. The number of aliphatic imine (C=N–C) groups is 4. The third-order valence-electron chi connectivity index (χ3n) is 12.6. The van der Waals surface area contributed by atoms with E-state index >= 15 is 0 Å². The normalized spacial score (nSPS) is 14.7. The number of guanidine groups is 4. The van der Waals surface area contributed by atoms with Crippen molar-refractivity contribution in [1.29, 1.82) is 0 Å². The van der Waals surface area contributed by atoms with Crippen LogP contribution in [0.3, 0.4) is 0 Å². The minimum absolute atomic E-state index is 0.00919. The molecule has 0 aromatic heterocycles. The topological polar surface area (TPSA) is 600 Å². The number of carbonyl (C=O) groups is 9. The van der Waals surface area contributed by atoms with Crippen molar-refractivity contribution in [3.05, 3.63) is 0 Å². The molecule has 480 valence electrons. The fourth-order valence-electron chi connectivity index (χ4n) is 8.10. The molecule has 0 aromatic rings. The Hall–Kier alpha value is -7.81. The molecular formula is C51H100N22O11. The van der Waals surface area contributed by atoms with Gasteiger partial charge in [0.2, 0.25) is 47.3 Å². The Morgan fingerprint density at radius 1 is 0.381 bits per heavy atom. The highest BCUT2D eigenvalue weighted by Crippen LogP contribution is 2.13. The summed E-state index contributed by atoms with van der Waals surface area (Å²) < 4.78 is 0. The molecule has 0 aliphatic rings. The number of hydrogen-bond donors (Lipinski definition) is 20. The molecule has 0 bridgehead atoms. The summed E-state index contributed by atoms with van der Waals surface area (Å²) >= 11 is 0. The number of hydrogen-bond acceptors (Lipinski definition) is 16. The third-order valence-corrected chi connectivity index (χ3v) is 12.6. The van der Waals surface area contributed by atoms with E-state index in [2.05, 4.69) is 62.5 Å². The molecule has 0 rings (SSSR count). The highest BCUT2D eigenvalue weighted by atomic mass is 16.4. The molecule has 0 radical (unpaired) electrons. The van der Waals surface area contributed by atoms with Crippen LogP contribution in [0, 0.1) is 17.8 Å². The Balaban J connectivity index is 7.07. The average Bonchev–Trinajstić information content (AvgIpc) is 3.59. The maximum atomic E-state index is 14.3. The van der Waals surface area contributed by atoms with Gasteiger partial charge in [0.15, 0.2) is 23.8 Å². The van der Waals surface area contributed by atoms with Gasteiger partial charge in [0.1, 0.15) is 48.3 Å². The van der Waals surface area contributed by atoms with Gasteiger partial charge < -0.3 is 110 Å². The standard InChI is InChI=1S/C51H100N22O11/c1-26(2)24-35(43(79)70-34(47(83)84)18-13-23-65-51(60)61)72-44(80)36(25-27(3)4)71-41(77)32(16-11-21-63-49(56)57)69-46(82)38(29(7)74)73-42(78)33(17-12-22-64-50(58)59)67-39(75)30(14-8-9-19-52)66-40(76)31(15-10-20-62-48(54)55)68-45(81)37(53)28(5)6/h26-38,74H,8-25,52-53H2,1-7H3,(H,66,76)(H,67,75)(H,68,81)(H,69,82)(H,70,79)(H,71,77)(H,72,80)(H,73,78)(H,83,84)(H4,54,55,62)(H4,56,57,63)(H4,58,59,64)(H4,60,61,65)/t29-,30+,31+,32+,33+,34+,35+,36+,37+,38+/m1/s1. The largest absolute Gasteiger partial charge is 0.480 e. The van der Waals surface area contributed by atoms with Crippen molar-refractivity contribution in [2.75, 3.05) is 32.7 Å². The van der Waals surface area contributed by atoms with Crippen LogP contribution in [0.5, 0.6) is 0 Å². The van der Waals surface area contributed by atoms with Crippen LogP contribution in [0.1, 0.15) is 132 Å². The van der Waals surface area contributed by atoms with E-state index in [0.29, 0.717) is 12.8 Å². The number of nitrogens with one attached hydrogen (secondary N) is 8. The molecule has 0 unspecified atom stereocenters. The van der Waals surface area contributed by atoms with Crippen molar-refractivity contribution >= 4 is 77.1 Å². The van der Waals surface area contributed by atoms with E-state index in [0.717, 1.165) is 0 Å². The zero-order valence-electron chi connectivity index (χ0n) is 49.9. The number of nitrogens with zero attached hydrogens (tertiary/aromatic N) is 4. The molecule has 33 nitrogen and oxygen atoms in total. The Bertz CT molecular complexity index is 2210. The predicted octanol–water partition coefficient (Wildman–Crippen LogP) is -6.25. The van der Waals surface area contributed by atoms with Crippen LogP contribution >= 0.6 is 0 Å². The van der Waals surface area contributed by atoms with Gasteiger partial charge in [-0.05, 0) is 115 Å². The SMILES string of the molecule is CC(C)C[C@H](NC(=O)[C@H](CC(C)C)NC(=O)[C@H](CCCN=C(N)N)NC(=O)[C@@H](NC(=O)[C@H](CCCN=C(N)N)NC(=O)[C@H](CCCCN)NC(=O)[C@H](CCCN=C(N)N)NC(=O)[C@@H](N)C(C)C)[C@@H](C)O)C(=O)N[C@@H](CCCN=C(N)N)C(=O)O. The Morgan fingerprint density at radius 2 is 0.655 bits per heavy atom. The number of aliphatic hydroxyl groups is 1. The lowest BCUT2D eigenvalue weighted by molar-refractivity contribution is -0.142. The van der Waals surface area contributed by atoms with Gasteiger partial charge in [-0.25, -0.2) is 4.79 Å². The van der Waals surface area contributed by atoms with Crippen LogP contribution in [-0.2, 0) is 43.2 Å². The number of amides is 8. The molecule has 0 aliphatic heterocycles. The first-order valence-electron chi connectivity index (χ1n) is 28.3. The van der Waals surface area contributed by atoms with E-state index < -0.39 is 114 Å². The van der Waals surface area contributed by atoms with Crippen LogP contribution < -0.4 is 99.9 Å². The Kier molecular flexibility index (Phi) is 37.4. The van der Waals surface area contributed by atoms with E-state index in [4.69, 9.17) is 57.3 Å². The molecule has 0 aliphatic carbocycles. The highest BCUT2D eigenvalue weighted by Gasteiger charge is 2.36. The first-order chi connectivity index (χ1) is 39.3. The van der Waals surface area contributed by atoms with Crippen LogP contribution in [-0.4, -0.2) is 180 Å². The maximum Gasteiger partial charge on any atom is 0.326 e. The molecule has 30 N–H and O–H groups in total. The molecule has 0 saturated heterocycles. The summed E-state index contributed by atoms with van der Waals surface area (Å²) in [5, 5.41) is 41.7. The van der Waals surface area contributed by atoms with Crippen LogP contribution in [0.25, 0.3) is 0 Å². The van der Waals surface area contributed by atoms with Crippen molar-refractivity contribution < 1.29 is 53.4 Å². The smallest absolute Gasteiger partial charge is 0.326 e. The second-order valence-corrected chi connectivity index (χ2v) is 21.6. The molecule has 8 amide bonds. The molecule has 10 atom stereocenters. The summed E-state index contributed by atoms with van der Waals surface area (Å²) in [6.45, 7) is 12.2. The van der Waals surface area contributed by atoms with Gasteiger partial charge in [-0.15, -0.1) is 0 Å². The minimum Gasteiger partial charge on any atom is -0.480 e. The molecule has 0 heterocycles. The van der Waals surface area contributed by atoms with Crippen LogP contribution in [0.2, 0.25) is 0 Å². The lowest BCUT2D eigenvalue weighted by Crippen LogP contribution is -2.62. The van der Waals surface area contributed by atoms with E-state index in [1.807, 2.05) is 0 Å². The number of carboxylic acids is 1. The summed E-state index contributed by atoms with van der Waals surface area (Å²) in [5.41, 5.74) is 55.6. The van der Waals surface area contributed by atoms with Crippen molar-refractivity contribution in [3.63, 3.8) is 0 Å². The predicted molar refractivity (Wildman–Crippen MR) is 319 cm³/mol. The molecular weight excluding hydrogens is 1100 g/mol. The average molecular weight is 1200 g/mol. The first kappa shape index (κ1) is 76.2. The molecule has 84 heavy (non-hydrogen) atoms. The number of carboxylic acid groups (broad SMARTS) is 1. The lowest BCUT2D eigenvalue weighted by atomic mass is 9.99. The zero-order chi connectivity index (χ0) is 64.2. The van der Waals surface area contributed by atoms with E-state index in [9.17, 15) is 53.4 Å². The fourth-order valence-corrected chi connectivity index (χ4v) is 8.10. The van der Waals surface area contributed by atoms with Gasteiger partial charge in [0.05, 0.1) is 12.1 Å². The molecule has 33 heteroatoms. The van der Waals surface area contributed by atoms with Gasteiger partial charge in [0, 0.05) is 26.2 Å². The van der Waals surface area contributed by atoms with Crippen molar-refractivity contribution in [3.8, 4) is 0 Å². The first-order valence-corrected chi connectivity index (χ1v) is 28.3. The summed E-state index contributed by atoms with van der Waals surface area (Å²) in [7, 11) is 0. The second kappa shape index (κ2) is 41.2.